The van der Waals surface area contributed by atoms with Gasteiger partial charge in [0.05, 0.1) is 0 Å². The van der Waals surface area contributed by atoms with Gasteiger partial charge in [0.15, 0.2) is 0 Å². The molecule has 2 aromatic rings. The summed E-state index contributed by atoms with van der Waals surface area (Å²) in [5, 5.41) is 2.93. The van der Waals surface area contributed by atoms with Crippen molar-refractivity contribution >= 4 is 23.2 Å². The molecule has 25 heavy (non-hydrogen) atoms. The molecule has 2 aromatic carbocycles. The third-order valence-electron chi connectivity index (χ3n) is 4.33. The zero-order valence-corrected chi connectivity index (χ0v) is 14.9. The van der Waals surface area contributed by atoms with Crippen LogP contribution in [0.3, 0.4) is 0 Å². The van der Waals surface area contributed by atoms with Crippen molar-refractivity contribution in [3.05, 3.63) is 59.2 Å². The van der Waals surface area contributed by atoms with Crippen LogP contribution in [0.25, 0.3) is 0 Å². The summed E-state index contributed by atoms with van der Waals surface area (Å²) in [6.45, 7) is 3.12. The first kappa shape index (κ1) is 17.2. The SMILES string of the molecule is CC(=O)N1CCc2cc(C(=O)Nc3ccc(CN(C)C)cc3)ccc21. The Hall–Kier alpha value is -2.66. The summed E-state index contributed by atoms with van der Waals surface area (Å²) in [6, 6.07) is 13.4. The highest BCUT2D eigenvalue weighted by molar-refractivity contribution is 6.05. The molecule has 0 unspecified atom stereocenters. The molecule has 1 aliphatic rings. The van der Waals surface area contributed by atoms with Gasteiger partial charge in [-0.2, -0.15) is 0 Å². The zero-order chi connectivity index (χ0) is 18.0. The van der Waals surface area contributed by atoms with Crippen molar-refractivity contribution in [2.45, 2.75) is 19.9 Å². The number of rotatable bonds is 4. The Morgan fingerprint density at radius 2 is 1.84 bits per heavy atom. The molecule has 1 N–H and O–H groups in total. The number of fused-ring (bicyclic) bond motifs is 1. The van der Waals surface area contributed by atoms with Crippen LogP contribution in [0, 0.1) is 0 Å². The van der Waals surface area contributed by atoms with Gasteiger partial charge in [-0.3, -0.25) is 9.59 Å². The molecule has 5 heteroatoms. The molecule has 0 aliphatic carbocycles. The molecule has 5 nitrogen and oxygen atoms in total. The average molecular weight is 337 g/mol. The Morgan fingerprint density at radius 3 is 2.48 bits per heavy atom. The predicted octanol–water partition coefficient (Wildman–Crippen LogP) is 2.91. The number of benzene rings is 2. The van der Waals surface area contributed by atoms with Gasteiger partial charge in [-0.25, -0.2) is 0 Å². The van der Waals surface area contributed by atoms with E-state index in [9.17, 15) is 9.59 Å². The van der Waals surface area contributed by atoms with Gasteiger partial charge in [-0.15, -0.1) is 0 Å². The lowest BCUT2D eigenvalue weighted by Crippen LogP contribution is -2.25. The summed E-state index contributed by atoms with van der Waals surface area (Å²) in [5.41, 5.74) is 4.55. The van der Waals surface area contributed by atoms with Gasteiger partial charge in [0, 0.05) is 37.0 Å². The maximum Gasteiger partial charge on any atom is 0.255 e. The minimum atomic E-state index is -0.135. The molecule has 0 aromatic heterocycles. The van der Waals surface area contributed by atoms with E-state index in [2.05, 4.69) is 10.2 Å². The number of hydrogen-bond donors (Lipinski definition) is 1. The molecule has 130 valence electrons. The normalized spacial score (nSPS) is 13.0. The first-order chi connectivity index (χ1) is 11.9. The average Bonchev–Trinajstić information content (AvgIpc) is 2.99. The molecule has 0 saturated heterocycles. The topological polar surface area (TPSA) is 52.7 Å². The largest absolute Gasteiger partial charge is 0.322 e. The van der Waals surface area contributed by atoms with Gasteiger partial charge in [-0.1, -0.05) is 12.1 Å². The van der Waals surface area contributed by atoms with Crippen LogP contribution < -0.4 is 10.2 Å². The highest BCUT2D eigenvalue weighted by atomic mass is 16.2. The Bertz CT molecular complexity index is 797. The van der Waals surface area contributed by atoms with E-state index in [0.29, 0.717) is 12.1 Å². The second-order valence-corrected chi connectivity index (χ2v) is 6.65. The Morgan fingerprint density at radius 1 is 1.12 bits per heavy atom. The number of anilines is 2. The van der Waals surface area contributed by atoms with Crippen LogP contribution in [0.5, 0.6) is 0 Å². The minimum Gasteiger partial charge on any atom is -0.322 e. The fraction of sp³-hybridized carbons (Fsp3) is 0.300. The van der Waals surface area contributed by atoms with Gasteiger partial charge in [-0.05, 0) is 62.0 Å². The first-order valence-electron chi connectivity index (χ1n) is 8.40. The summed E-state index contributed by atoms with van der Waals surface area (Å²) in [6.07, 6.45) is 0.787. The van der Waals surface area contributed by atoms with Gasteiger partial charge in [0.2, 0.25) is 5.91 Å². The van der Waals surface area contributed by atoms with E-state index in [4.69, 9.17) is 0 Å². The second kappa shape index (κ2) is 7.07. The molecule has 1 aliphatic heterocycles. The van der Waals surface area contributed by atoms with Crippen molar-refractivity contribution in [1.29, 1.82) is 0 Å². The van der Waals surface area contributed by atoms with E-state index in [0.717, 1.165) is 29.9 Å². The van der Waals surface area contributed by atoms with Gasteiger partial charge in [0.1, 0.15) is 0 Å². The van der Waals surface area contributed by atoms with Crippen LogP contribution >= 0.6 is 0 Å². The van der Waals surface area contributed by atoms with E-state index in [-0.39, 0.29) is 11.8 Å². The Balaban J connectivity index is 1.71. The molecule has 1 heterocycles. The summed E-state index contributed by atoms with van der Waals surface area (Å²) in [4.78, 5) is 27.9. The van der Waals surface area contributed by atoms with Gasteiger partial charge in [0.25, 0.3) is 5.91 Å². The fourth-order valence-electron chi connectivity index (χ4n) is 3.13. The number of nitrogens with one attached hydrogen (secondary N) is 1. The third kappa shape index (κ3) is 3.88. The van der Waals surface area contributed by atoms with E-state index in [1.54, 1.807) is 17.9 Å². The number of hydrogen-bond acceptors (Lipinski definition) is 3. The van der Waals surface area contributed by atoms with Gasteiger partial charge < -0.3 is 15.1 Å². The molecule has 0 saturated carbocycles. The zero-order valence-electron chi connectivity index (χ0n) is 14.9. The molecular weight excluding hydrogens is 314 g/mol. The number of carbonyl (C=O) groups excluding carboxylic acids is 2. The smallest absolute Gasteiger partial charge is 0.255 e. The molecule has 0 fully saturated rings. The third-order valence-corrected chi connectivity index (χ3v) is 4.33. The van der Waals surface area contributed by atoms with Crippen molar-refractivity contribution in [2.24, 2.45) is 0 Å². The van der Waals surface area contributed by atoms with Gasteiger partial charge >= 0.3 is 0 Å². The maximum absolute atomic E-state index is 12.5. The lowest BCUT2D eigenvalue weighted by Gasteiger charge is -2.15. The summed E-state index contributed by atoms with van der Waals surface area (Å²) in [7, 11) is 4.05. The van der Waals surface area contributed by atoms with E-state index >= 15 is 0 Å². The van der Waals surface area contributed by atoms with E-state index in [1.165, 1.54) is 5.56 Å². The van der Waals surface area contributed by atoms with E-state index in [1.807, 2.05) is 50.5 Å². The van der Waals surface area contributed by atoms with E-state index < -0.39 is 0 Å². The molecule has 2 amide bonds. The highest BCUT2D eigenvalue weighted by Crippen LogP contribution is 2.29. The van der Waals surface area contributed by atoms with Crippen LogP contribution in [-0.4, -0.2) is 37.4 Å². The monoisotopic (exact) mass is 337 g/mol. The molecule has 0 bridgehead atoms. The van der Waals surface area contributed by atoms with Crippen molar-refractivity contribution < 1.29 is 9.59 Å². The minimum absolute atomic E-state index is 0.0359. The predicted molar refractivity (Wildman–Crippen MR) is 100.0 cm³/mol. The summed E-state index contributed by atoms with van der Waals surface area (Å²) < 4.78 is 0. The van der Waals surface area contributed by atoms with Crippen LogP contribution in [-0.2, 0) is 17.8 Å². The number of amides is 2. The summed E-state index contributed by atoms with van der Waals surface area (Å²) >= 11 is 0. The lowest BCUT2D eigenvalue weighted by atomic mass is 10.1. The molecule has 0 atom stereocenters. The van der Waals surface area contributed by atoms with Crippen molar-refractivity contribution in [3.8, 4) is 0 Å². The Labute approximate surface area is 148 Å². The molecule has 0 radical (unpaired) electrons. The molecule has 3 rings (SSSR count). The van der Waals surface area contributed by atoms with Crippen molar-refractivity contribution in [2.75, 3.05) is 30.9 Å². The molecule has 0 spiro atoms. The maximum atomic E-state index is 12.5. The van der Waals surface area contributed by atoms with Crippen molar-refractivity contribution in [3.63, 3.8) is 0 Å². The van der Waals surface area contributed by atoms with Crippen LogP contribution in [0.1, 0.15) is 28.4 Å². The van der Waals surface area contributed by atoms with Crippen molar-refractivity contribution in [1.82, 2.24) is 4.90 Å². The molecular formula is C20H23N3O2. The van der Waals surface area contributed by atoms with Crippen LogP contribution in [0.15, 0.2) is 42.5 Å². The standard InChI is InChI=1S/C20H23N3O2/c1-14(24)23-11-10-16-12-17(6-9-19(16)23)20(25)21-18-7-4-15(5-8-18)13-22(2)3/h4-9,12H,10-11,13H2,1-3H3,(H,21,25). The first-order valence-corrected chi connectivity index (χ1v) is 8.40. The number of nitrogens with zero attached hydrogens (tertiary/aromatic N) is 2. The Kier molecular flexibility index (Phi) is 4.86. The van der Waals surface area contributed by atoms with Crippen LogP contribution in [0.4, 0.5) is 11.4 Å². The second-order valence-electron chi connectivity index (χ2n) is 6.65. The fourth-order valence-corrected chi connectivity index (χ4v) is 3.13. The van der Waals surface area contributed by atoms with Crippen LogP contribution in [0.2, 0.25) is 0 Å². The summed E-state index contributed by atoms with van der Waals surface area (Å²) in [5.74, 6) is -0.0989. The number of carbonyl (C=O) groups is 2. The quantitative estimate of drug-likeness (QED) is 0.933. The lowest BCUT2D eigenvalue weighted by molar-refractivity contribution is -0.116. The highest BCUT2D eigenvalue weighted by Gasteiger charge is 2.23.